The molecule has 0 spiro atoms. The Morgan fingerprint density at radius 2 is 1.67 bits per heavy atom. The minimum atomic E-state index is -0.191. The lowest BCUT2D eigenvalue weighted by molar-refractivity contribution is 0.620. The molecule has 0 saturated heterocycles. The first-order chi connectivity index (χ1) is 10.0. The quantitative estimate of drug-likeness (QED) is 0.817. The smallest absolute Gasteiger partial charge is 0.123 e. The van der Waals surface area contributed by atoms with Crippen LogP contribution in [0.25, 0.3) is 11.1 Å². The van der Waals surface area contributed by atoms with Crippen molar-refractivity contribution in [2.45, 2.75) is 33.2 Å². The third-order valence-corrected chi connectivity index (χ3v) is 3.82. The van der Waals surface area contributed by atoms with Gasteiger partial charge in [-0.25, -0.2) is 4.39 Å². The van der Waals surface area contributed by atoms with Gasteiger partial charge in [-0.1, -0.05) is 44.2 Å². The van der Waals surface area contributed by atoms with Crippen LogP contribution in [0.5, 0.6) is 0 Å². The Labute approximate surface area is 127 Å². The summed E-state index contributed by atoms with van der Waals surface area (Å²) in [4.78, 5) is 0. The predicted octanol–water partition coefficient (Wildman–Crippen LogP) is 4.97. The zero-order valence-electron chi connectivity index (χ0n) is 13.3. The summed E-state index contributed by atoms with van der Waals surface area (Å²) in [6, 6.07) is 13.7. The Bertz CT molecular complexity index is 587. The summed E-state index contributed by atoms with van der Waals surface area (Å²) in [6.07, 6.45) is 1.07. The van der Waals surface area contributed by atoms with Crippen LogP contribution in [0.15, 0.2) is 42.5 Å². The molecule has 112 valence electrons. The first kappa shape index (κ1) is 15.7. The zero-order chi connectivity index (χ0) is 15.4. The topological polar surface area (TPSA) is 12.0 Å². The number of nitrogens with one attached hydrogen (secondary N) is 1. The molecule has 2 aromatic rings. The summed E-state index contributed by atoms with van der Waals surface area (Å²) < 4.78 is 13.6. The van der Waals surface area contributed by atoms with Gasteiger partial charge in [-0.2, -0.15) is 0 Å². The predicted molar refractivity (Wildman–Crippen MR) is 87.9 cm³/mol. The normalized spacial score (nSPS) is 12.7. The second-order valence-corrected chi connectivity index (χ2v) is 6.04. The van der Waals surface area contributed by atoms with Crippen molar-refractivity contribution in [1.82, 2.24) is 5.32 Å². The highest BCUT2D eigenvalue weighted by molar-refractivity contribution is 5.68. The van der Waals surface area contributed by atoms with Crippen LogP contribution in [-0.2, 0) is 6.42 Å². The summed E-state index contributed by atoms with van der Waals surface area (Å²) in [5.41, 5.74) is 4.48. The first-order valence-electron chi connectivity index (χ1n) is 7.57. The molecule has 1 nitrogen and oxygen atoms in total. The van der Waals surface area contributed by atoms with Crippen molar-refractivity contribution >= 4 is 0 Å². The molecule has 0 radical (unpaired) electrons. The lowest BCUT2D eigenvalue weighted by Gasteiger charge is -2.16. The third-order valence-electron chi connectivity index (χ3n) is 3.82. The molecular weight excluding hydrogens is 261 g/mol. The zero-order valence-corrected chi connectivity index (χ0v) is 13.3. The summed E-state index contributed by atoms with van der Waals surface area (Å²) in [6.45, 7) is 6.52. The van der Waals surface area contributed by atoms with Crippen molar-refractivity contribution in [1.29, 1.82) is 0 Å². The first-order valence-corrected chi connectivity index (χ1v) is 7.57. The number of halogens is 1. The van der Waals surface area contributed by atoms with Gasteiger partial charge in [0.05, 0.1) is 0 Å². The Morgan fingerprint density at radius 1 is 1.00 bits per heavy atom. The van der Waals surface area contributed by atoms with Gasteiger partial charge in [0, 0.05) is 6.04 Å². The second-order valence-electron chi connectivity index (χ2n) is 6.04. The van der Waals surface area contributed by atoms with E-state index < -0.39 is 0 Å². The molecule has 1 atom stereocenters. The van der Waals surface area contributed by atoms with Gasteiger partial charge in [0.2, 0.25) is 0 Å². The van der Waals surface area contributed by atoms with Crippen LogP contribution in [0.2, 0.25) is 0 Å². The number of hydrogen-bond acceptors (Lipinski definition) is 1. The van der Waals surface area contributed by atoms with Crippen molar-refractivity contribution in [2.24, 2.45) is 5.92 Å². The molecule has 0 bridgehead atoms. The van der Waals surface area contributed by atoms with E-state index >= 15 is 0 Å². The molecule has 0 aliphatic carbocycles. The van der Waals surface area contributed by atoms with Crippen molar-refractivity contribution in [3.05, 3.63) is 59.4 Å². The summed E-state index contributed by atoms with van der Waals surface area (Å²) in [5, 5.41) is 3.23. The lowest BCUT2D eigenvalue weighted by atomic mass is 9.93. The fraction of sp³-hybridized carbons (Fsp3) is 0.368. The molecule has 0 amide bonds. The van der Waals surface area contributed by atoms with Crippen molar-refractivity contribution in [3.63, 3.8) is 0 Å². The molecule has 2 aromatic carbocycles. The van der Waals surface area contributed by atoms with Gasteiger partial charge in [0.15, 0.2) is 0 Å². The van der Waals surface area contributed by atoms with Crippen LogP contribution in [0.3, 0.4) is 0 Å². The molecule has 2 heteroatoms. The van der Waals surface area contributed by atoms with E-state index in [1.165, 1.54) is 11.6 Å². The van der Waals surface area contributed by atoms with Crippen LogP contribution in [0.4, 0.5) is 4.39 Å². The van der Waals surface area contributed by atoms with Gasteiger partial charge in [0.1, 0.15) is 5.82 Å². The molecule has 21 heavy (non-hydrogen) atoms. The van der Waals surface area contributed by atoms with Crippen LogP contribution >= 0.6 is 0 Å². The standard InChI is InChI=1S/C19H24FN/c1-13(2)11-15-5-7-16(8-6-15)19-12-17(20)9-10-18(19)14(3)21-4/h5-10,12-14,21H,11H2,1-4H3. The average Bonchev–Trinajstić information content (AvgIpc) is 2.46. The third kappa shape index (κ3) is 3.92. The van der Waals surface area contributed by atoms with E-state index in [1.807, 2.05) is 13.1 Å². The summed E-state index contributed by atoms with van der Waals surface area (Å²) in [7, 11) is 1.92. The van der Waals surface area contributed by atoms with E-state index in [1.54, 1.807) is 6.07 Å². The van der Waals surface area contributed by atoms with Gasteiger partial charge >= 0.3 is 0 Å². The van der Waals surface area contributed by atoms with Crippen LogP contribution in [0, 0.1) is 11.7 Å². The highest BCUT2D eigenvalue weighted by Gasteiger charge is 2.11. The molecule has 2 rings (SSSR count). The van der Waals surface area contributed by atoms with E-state index in [2.05, 4.69) is 50.4 Å². The molecule has 0 aliphatic rings. The molecule has 0 aliphatic heterocycles. The minimum absolute atomic E-state index is 0.191. The van der Waals surface area contributed by atoms with Gasteiger partial charge in [-0.3, -0.25) is 0 Å². The summed E-state index contributed by atoms with van der Waals surface area (Å²) >= 11 is 0. The van der Waals surface area contributed by atoms with E-state index in [-0.39, 0.29) is 11.9 Å². The van der Waals surface area contributed by atoms with Gasteiger partial charge in [-0.05, 0) is 60.7 Å². The highest BCUT2D eigenvalue weighted by atomic mass is 19.1. The highest BCUT2D eigenvalue weighted by Crippen LogP contribution is 2.29. The SMILES string of the molecule is CNC(C)c1ccc(F)cc1-c1ccc(CC(C)C)cc1. The van der Waals surface area contributed by atoms with E-state index in [0.717, 1.165) is 23.1 Å². The Balaban J connectivity index is 2.38. The average molecular weight is 285 g/mol. The van der Waals surface area contributed by atoms with Crippen molar-refractivity contribution in [2.75, 3.05) is 7.05 Å². The Kier molecular flexibility index (Phi) is 5.13. The van der Waals surface area contributed by atoms with E-state index in [0.29, 0.717) is 5.92 Å². The second kappa shape index (κ2) is 6.86. The maximum atomic E-state index is 13.6. The van der Waals surface area contributed by atoms with Crippen molar-refractivity contribution in [3.8, 4) is 11.1 Å². The minimum Gasteiger partial charge on any atom is -0.313 e. The van der Waals surface area contributed by atoms with Crippen LogP contribution in [-0.4, -0.2) is 7.05 Å². The molecule has 1 unspecified atom stereocenters. The van der Waals surface area contributed by atoms with E-state index in [4.69, 9.17) is 0 Å². The molecule has 0 saturated carbocycles. The Hall–Kier alpha value is -1.67. The maximum absolute atomic E-state index is 13.6. The largest absolute Gasteiger partial charge is 0.313 e. The van der Waals surface area contributed by atoms with Gasteiger partial charge < -0.3 is 5.32 Å². The molecule has 0 aromatic heterocycles. The molecule has 1 N–H and O–H groups in total. The van der Waals surface area contributed by atoms with E-state index in [9.17, 15) is 4.39 Å². The monoisotopic (exact) mass is 285 g/mol. The van der Waals surface area contributed by atoms with Crippen molar-refractivity contribution < 1.29 is 4.39 Å². The van der Waals surface area contributed by atoms with Crippen LogP contribution in [0.1, 0.15) is 37.9 Å². The van der Waals surface area contributed by atoms with Gasteiger partial charge in [0.25, 0.3) is 0 Å². The Morgan fingerprint density at radius 3 is 2.24 bits per heavy atom. The molecular formula is C19H24FN. The number of rotatable bonds is 5. The number of benzene rings is 2. The lowest BCUT2D eigenvalue weighted by Crippen LogP contribution is -2.13. The molecule has 0 fully saturated rings. The fourth-order valence-corrected chi connectivity index (χ4v) is 2.60. The summed E-state index contributed by atoms with van der Waals surface area (Å²) in [5.74, 6) is 0.452. The maximum Gasteiger partial charge on any atom is 0.123 e. The number of hydrogen-bond donors (Lipinski definition) is 1. The van der Waals surface area contributed by atoms with Crippen LogP contribution < -0.4 is 5.32 Å². The fourth-order valence-electron chi connectivity index (χ4n) is 2.60. The van der Waals surface area contributed by atoms with Gasteiger partial charge in [-0.15, -0.1) is 0 Å². The molecule has 0 heterocycles.